The second-order valence-electron chi connectivity index (χ2n) is 3.74. The van der Waals surface area contributed by atoms with E-state index in [-0.39, 0.29) is 11.9 Å². The summed E-state index contributed by atoms with van der Waals surface area (Å²) in [6.07, 6.45) is 0.923. The van der Waals surface area contributed by atoms with Crippen LogP contribution in [-0.4, -0.2) is 0 Å². The van der Waals surface area contributed by atoms with Gasteiger partial charge in [0.15, 0.2) is 0 Å². The van der Waals surface area contributed by atoms with Gasteiger partial charge in [0.05, 0.1) is 11.7 Å². The maximum atomic E-state index is 13.6. The van der Waals surface area contributed by atoms with Crippen LogP contribution in [0.1, 0.15) is 24.3 Å². The zero-order chi connectivity index (χ0) is 12.3. The molecule has 0 aliphatic rings. The molecule has 1 heterocycles. The second-order valence-corrected chi connectivity index (χ2v) is 5.64. The monoisotopic (exact) mass is 313 g/mol. The molecule has 0 radical (unpaired) electrons. The van der Waals surface area contributed by atoms with Gasteiger partial charge in [0.2, 0.25) is 0 Å². The smallest absolute Gasteiger partial charge is 0.146 e. The number of benzene rings is 1. The van der Waals surface area contributed by atoms with Gasteiger partial charge in [-0.25, -0.2) is 4.39 Å². The summed E-state index contributed by atoms with van der Waals surface area (Å²) in [7, 11) is 0. The lowest BCUT2D eigenvalue weighted by Gasteiger charge is -2.17. The van der Waals surface area contributed by atoms with Crippen LogP contribution >= 0.6 is 27.3 Å². The molecule has 1 aromatic carbocycles. The lowest BCUT2D eigenvalue weighted by atomic mass is 10.1. The van der Waals surface area contributed by atoms with Crippen LogP contribution < -0.4 is 5.32 Å². The van der Waals surface area contributed by atoms with E-state index < -0.39 is 0 Å². The molecule has 1 aromatic heterocycles. The van der Waals surface area contributed by atoms with E-state index in [0.29, 0.717) is 5.69 Å². The van der Waals surface area contributed by atoms with Crippen molar-refractivity contribution in [1.29, 1.82) is 0 Å². The van der Waals surface area contributed by atoms with Crippen LogP contribution in [0.15, 0.2) is 40.2 Å². The molecule has 17 heavy (non-hydrogen) atoms. The van der Waals surface area contributed by atoms with Crippen LogP contribution in [-0.2, 0) is 0 Å². The van der Waals surface area contributed by atoms with Crippen molar-refractivity contribution in [3.8, 4) is 0 Å². The van der Waals surface area contributed by atoms with Crippen molar-refractivity contribution in [2.75, 3.05) is 5.32 Å². The molecule has 0 fully saturated rings. The highest BCUT2D eigenvalue weighted by Crippen LogP contribution is 2.28. The summed E-state index contributed by atoms with van der Waals surface area (Å²) >= 11 is 5.04. The van der Waals surface area contributed by atoms with Gasteiger partial charge in [0, 0.05) is 9.35 Å². The molecule has 0 saturated carbocycles. The summed E-state index contributed by atoms with van der Waals surface area (Å²) in [5, 5.41) is 5.28. The van der Waals surface area contributed by atoms with E-state index in [0.717, 1.165) is 10.9 Å². The largest absolute Gasteiger partial charge is 0.375 e. The first kappa shape index (κ1) is 12.6. The Labute approximate surface area is 113 Å². The zero-order valence-electron chi connectivity index (χ0n) is 9.41. The highest BCUT2D eigenvalue weighted by Gasteiger charge is 2.12. The van der Waals surface area contributed by atoms with Gasteiger partial charge in [-0.1, -0.05) is 28.9 Å². The average Bonchev–Trinajstić information content (AvgIpc) is 2.84. The van der Waals surface area contributed by atoms with E-state index in [1.807, 2.05) is 11.4 Å². The molecule has 0 saturated heterocycles. The average molecular weight is 314 g/mol. The topological polar surface area (TPSA) is 12.0 Å². The molecule has 1 nitrogen and oxygen atoms in total. The van der Waals surface area contributed by atoms with Gasteiger partial charge < -0.3 is 5.32 Å². The molecule has 0 bridgehead atoms. The van der Waals surface area contributed by atoms with Crippen LogP contribution in [0.5, 0.6) is 0 Å². The fourth-order valence-corrected chi connectivity index (χ4v) is 2.88. The Kier molecular flexibility index (Phi) is 4.18. The van der Waals surface area contributed by atoms with Gasteiger partial charge in [-0.2, -0.15) is 0 Å². The number of hydrogen-bond acceptors (Lipinski definition) is 2. The Morgan fingerprint density at radius 3 is 2.88 bits per heavy atom. The summed E-state index contributed by atoms with van der Waals surface area (Å²) in [6, 6.07) is 9.19. The number of hydrogen-bond donors (Lipinski definition) is 1. The van der Waals surface area contributed by atoms with Crippen molar-refractivity contribution >= 4 is 33.0 Å². The first-order chi connectivity index (χ1) is 8.20. The normalized spacial score (nSPS) is 12.4. The lowest BCUT2D eigenvalue weighted by molar-refractivity contribution is 0.624. The Balaban J connectivity index is 2.21. The number of anilines is 1. The highest BCUT2D eigenvalue weighted by atomic mass is 79.9. The van der Waals surface area contributed by atoms with Gasteiger partial charge >= 0.3 is 0 Å². The first-order valence-corrected chi connectivity index (χ1v) is 7.13. The second kappa shape index (κ2) is 5.65. The van der Waals surface area contributed by atoms with Gasteiger partial charge in [-0.05, 0) is 36.1 Å². The van der Waals surface area contributed by atoms with Crippen molar-refractivity contribution in [3.05, 3.63) is 50.9 Å². The fraction of sp³-hybridized carbons (Fsp3) is 0.231. The lowest BCUT2D eigenvalue weighted by Crippen LogP contribution is -2.09. The Bertz CT molecular complexity index is 484. The molecule has 4 heteroatoms. The number of halogens is 2. The summed E-state index contributed by atoms with van der Waals surface area (Å²) in [5.74, 6) is -0.219. The van der Waals surface area contributed by atoms with Gasteiger partial charge in [0.25, 0.3) is 0 Å². The maximum Gasteiger partial charge on any atom is 0.146 e. The predicted molar refractivity (Wildman–Crippen MR) is 75.1 cm³/mol. The van der Waals surface area contributed by atoms with Crippen LogP contribution in [0.4, 0.5) is 10.1 Å². The number of thiophene rings is 1. The summed E-state index contributed by atoms with van der Waals surface area (Å²) in [5.41, 5.74) is 0.541. The van der Waals surface area contributed by atoms with E-state index >= 15 is 0 Å². The molecular formula is C13H13BrFNS. The molecule has 0 spiro atoms. The fourth-order valence-electron chi connectivity index (χ4n) is 1.66. The van der Waals surface area contributed by atoms with E-state index in [2.05, 4.69) is 34.2 Å². The first-order valence-electron chi connectivity index (χ1n) is 5.45. The predicted octanol–water partition coefficient (Wildman–Crippen LogP) is 5.21. The van der Waals surface area contributed by atoms with Crippen LogP contribution in [0.25, 0.3) is 0 Å². The van der Waals surface area contributed by atoms with Crippen molar-refractivity contribution in [3.63, 3.8) is 0 Å². The molecule has 90 valence electrons. The Morgan fingerprint density at radius 1 is 1.41 bits per heavy atom. The van der Waals surface area contributed by atoms with Crippen molar-refractivity contribution in [1.82, 2.24) is 0 Å². The van der Waals surface area contributed by atoms with Crippen LogP contribution in [0.2, 0.25) is 0 Å². The van der Waals surface area contributed by atoms with E-state index in [1.54, 1.807) is 23.5 Å². The Hall–Kier alpha value is -0.870. The third-order valence-corrected chi connectivity index (χ3v) is 4.03. The van der Waals surface area contributed by atoms with E-state index in [4.69, 9.17) is 0 Å². The standard InChI is InChI=1S/C13H13BrFNS/c1-2-11(13-4-3-7-17-13)16-12-8-9(14)5-6-10(12)15/h3-8,11,16H,2H2,1H3. The maximum absolute atomic E-state index is 13.6. The molecule has 2 aromatic rings. The SMILES string of the molecule is CCC(Nc1cc(Br)ccc1F)c1cccs1. The summed E-state index contributed by atoms with van der Waals surface area (Å²) < 4.78 is 14.5. The third-order valence-electron chi connectivity index (χ3n) is 2.55. The molecule has 1 unspecified atom stereocenters. The quantitative estimate of drug-likeness (QED) is 0.816. The highest BCUT2D eigenvalue weighted by molar-refractivity contribution is 9.10. The molecular weight excluding hydrogens is 301 g/mol. The molecule has 2 rings (SSSR count). The van der Waals surface area contributed by atoms with Crippen molar-refractivity contribution in [2.24, 2.45) is 0 Å². The molecule has 1 N–H and O–H groups in total. The minimum Gasteiger partial charge on any atom is -0.375 e. The van der Waals surface area contributed by atoms with Crippen LogP contribution in [0, 0.1) is 5.82 Å². The third kappa shape index (κ3) is 3.07. The van der Waals surface area contributed by atoms with Gasteiger partial charge in [-0.3, -0.25) is 0 Å². The molecule has 1 atom stereocenters. The minimum absolute atomic E-state index is 0.166. The number of nitrogens with one attached hydrogen (secondary N) is 1. The number of rotatable bonds is 4. The summed E-state index contributed by atoms with van der Waals surface area (Å²) in [4.78, 5) is 1.23. The van der Waals surface area contributed by atoms with Gasteiger partial charge in [-0.15, -0.1) is 11.3 Å². The van der Waals surface area contributed by atoms with E-state index in [9.17, 15) is 4.39 Å². The molecule has 0 aliphatic heterocycles. The van der Waals surface area contributed by atoms with Crippen molar-refractivity contribution in [2.45, 2.75) is 19.4 Å². The summed E-state index contributed by atoms with van der Waals surface area (Å²) in [6.45, 7) is 2.09. The molecule has 0 amide bonds. The minimum atomic E-state index is -0.219. The molecule has 0 aliphatic carbocycles. The van der Waals surface area contributed by atoms with Gasteiger partial charge in [0.1, 0.15) is 5.82 Å². The van der Waals surface area contributed by atoms with Crippen molar-refractivity contribution < 1.29 is 4.39 Å². The zero-order valence-corrected chi connectivity index (χ0v) is 11.8. The van der Waals surface area contributed by atoms with E-state index in [1.165, 1.54) is 10.9 Å². The van der Waals surface area contributed by atoms with Crippen LogP contribution in [0.3, 0.4) is 0 Å². The Morgan fingerprint density at radius 2 is 2.24 bits per heavy atom.